The van der Waals surface area contributed by atoms with Gasteiger partial charge in [0.15, 0.2) is 6.19 Å². The fraction of sp³-hybridized carbons (Fsp3) is 0.269. The Morgan fingerprint density at radius 3 is 2.71 bits per heavy atom. The third-order valence-electron chi connectivity index (χ3n) is 6.78. The van der Waals surface area contributed by atoms with Gasteiger partial charge in [-0.05, 0) is 61.4 Å². The predicted molar refractivity (Wildman–Crippen MR) is 131 cm³/mol. The number of nitrogens with one attached hydrogen (secondary N) is 1. The van der Waals surface area contributed by atoms with E-state index in [1.807, 2.05) is 34.9 Å². The Bertz CT molecular complexity index is 1470. The number of hydrogen-bond acceptors (Lipinski definition) is 7. The zero-order valence-electron chi connectivity index (χ0n) is 19.1. The summed E-state index contributed by atoms with van der Waals surface area (Å²) in [6, 6.07) is 11.1. The van der Waals surface area contributed by atoms with Gasteiger partial charge in [0.1, 0.15) is 28.7 Å². The van der Waals surface area contributed by atoms with Gasteiger partial charge in [-0.2, -0.15) is 5.26 Å². The number of aromatic nitrogens is 4. The highest BCUT2D eigenvalue weighted by Gasteiger charge is 2.30. The Hall–Kier alpha value is -4.45. The van der Waals surface area contributed by atoms with Crippen LogP contribution in [0.3, 0.4) is 0 Å². The van der Waals surface area contributed by atoms with Gasteiger partial charge in [-0.3, -0.25) is 14.1 Å². The molecule has 0 bridgehead atoms. The van der Waals surface area contributed by atoms with Crippen molar-refractivity contribution >= 4 is 23.1 Å². The standard InChI is InChI=1S/C26H24N8O/c27-15-33-12-1-2-20(33)25-32-22(23-24(28)30-11-13-34(23)25)17-5-7-18(8-6-17)26(35)31-21-14-19(9-10-29-21)16-3-4-16/h5-11,13-14,16,20H,1-4,12H2,(H2,28,30)(H,29,31,35)/t20-/m0/s1. The van der Waals surface area contributed by atoms with Crippen LogP contribution < -0.4 is 11.1 Å². The molecular weight excluding hydrogens is 440 g/mol. The van der Waals surface area contributed by atoms with Crippen LogP contribution in [0.2, 0.25) is 0 Å². The smallest absolute Gasteiger partial charge is 0.256 e. The lowest BCUT2D eigenvalue weighted by Crippen LogP contribution is -2.19. The molecule has 1 atom stereocenters. The van der Waals surface area contributed by atoms with Crippen molar-refractivity contribution in [1.82, 2.24) is 24.3 Å². The number of amides is 1. The molecule has 4 heterocycles. The molecule has 0 spiro atoms. The number of carbonyl (C=O) groups excluding carboxylic acids is 1. The Morgan fingerprint density at radius 2 is 1.94 bits per heavy atom. The fourth-order valence-electron chi connectivity index (χ4n) is 4.83. The van der Waals surface area contributed by atoms with E-state index in [9.17, 15) is 10.1 Å². The van der Waals surface area contributed by atoms with E-state index in [1.54, 1.807) is 29.4 Å². The van der Waals surface area contributed by atoms with Gasteiger partial charge < -0.3 is 11.1 Å². The first-order valence-electron chi connectivity index (χ1n) is 11.8. The fourth-order valence-corrected chi connectivity index (χ4v) is 4.83. The van der Waals surface area contributed by atoms with Crippen molar-refractivity contribution in [3.8, 4) is 17.5 Å². The highest BCUT2D eigenvalue weighted by atomic mass is 16.1. The largest absolute Gasteiger partial charge is 0.382 e. The van der Waals surface area contributed by atoms with Crippen LogP contribution >= 0.6 is 0 Å². The lowest BCUT2D eigenvalue weighted by molar-refractivity contribution is 0.102. The first kappa shape index (κ1) is 21.1. The maximum atomic E-state index is 12.8. The molecule has 1 aliphatic carbocycles. The van der Waals surface area contributed by atoms with Crippen molar-refractivity contribution in [3.05, 3.63) is 71.9 Å². The maximum absolute atomic E-state index is 12.8. The third-order valence-corrected chi connectivity index (χ3v) is 6.78. The molecule has 9 nitrogen and oxygen atoms in total. The second-order valence-corrected chi connectivity index (χ2v) is 9.08. The molecule has 4 aromatic rings. The first-order valence-corrected chi connectivity index (χ1v) is 11.8. The van der Waals surface area contributed by atoms with E-state index >= 15 is 0 Å². The highest BCUT2D eigenvalue weighted by Crippen LogP contribution is 2.40. The number of pyridine rings is 1. The van der Waals surface area contributed by atoms with Crippen LogP contribution in [-0.2, 0) is 0 Å². The lowest BCUT2D eigenvalue weighted by Gasteiger charge is -2.16. The van der Waals surface area contributed by atoms with Crippen LogP contribution in [0.5, 0.6) is 0 Å². The molecule has 1 aromatic carbocycles. The molecule has 3 aromatic heterocycles. The van der Waals surface area contributed by atoms with Crippen molar-refractivity contribution in [2.45, 2.75) is 37.6 Å². The van der Waals surface area contributed by atoms with Gasteiger partial charge in [-0.1, -0.05) is 12.1 Å². The monoisotopic (exact) mass is 464 g/mol. The zero-order valence-corrected chi connectivity index (χ0v) is 19.1. The lowest BCUT2D eigenvalue weighted by atomic mass is 10.1. The summed E-state index contributed by atoms with van der Waals surface area (Å²) in [6.45, 7) is 0.716. The number of nitrogen functional groups attached to an aromatic ring is 1. The molecule has 174 valence electrons. The molecule has 35 heavy (non-hydrogen) atoms. The van der Waals surface area contributed by atoms with E-state index in [-0.39, 0.29) is 11.9 Å². The van der Waals surface area contributed by atoms with E-state index < -0.39 is 0 Å². The molecule has 1 saturated carbocycles. The van der Waals surface area contributed by atoms with Gasteiger partial charge in [0.25, 0.3) is 5.91 Å². The van der Waals surface area contributed by atoms with Gasteiger partial charge >= 0.3 is 0 Å². The summed E-state index contributed by atoms with van der Waals surface area (Å²) in [5.74, 6) is 2.07. The number of anilines is 2. The number of nitrogens with zero attached hydrogens (tertiary/aromatic N) is 6. The summed E-state index contributed by atoms with van der Waals surface area (Å²) in [4.78, 5) is 28.1. The van der Waals surface area contributed by atoms with Gasteiger partial charge in [0.05, 0.1) is 6.04 Å². The minimum atomic E-state index is -0.218. The molecular formula is C26H24N8O. The van der Waals surface area contributed by atoms with Crippen molar-refractivity contribution in [2.24, 2.45) is 0 Å². The number of hydrogen-bond donors (Lipinski definition) is 2. The van der Waals surface area contributed by atoms with Crippen molar-refractivity contribution in [1.29, 1.82) is 5.26 Å². The maximum Gasteiger partial charge on any atom is 0.256 e. The average Bonchev–Trinajstić information content (AvgIpc) is 3.50. The van der Waals surface area contributed by atoms with Crippen molar-refractivity contribution < 1.29 is 4.79 Å². The number of carbonyl (C=O) groups is 1. The minimum absolute atomic E-state index is 0.105. The molecule has 2 fully saturated rings. The van der Waals surface area contributed by atoms with E-state index in [1.165, 1.54) is 18.4 Å². The molecule has 0 radical (unpaired) electrons. The Morgan fingerprint density at radius 1 is 1.11 bits per heavy atom. The van der Waals surface area contributed by atoms with Crippen LogP contribution in [0.25, 0.3) is 16.8 Å². The number of nitrogens with two attached hydrogens (primary N) is 1. The predicted octanol–water partition coefficient (Wildman–Crippen LogP) is 4.12. The van der Waals surface area contributed by atoms with Crippen LogP contribution in [0.4, 0.5) is 11.6 Å². The van der Waals surface area contributed by atoms with Crippen molar-refractivity contribution in [2.75, 3.05) is 17.6 Å². The Kier molecular flexibility index (Phi) is 5.07. The van der Waals surface area contributed by atoms with Gasteiger partial charge in [-0.25, -0.2) is 15.0 Å². The number of imidazole rings is 1. The number of rotatable bonds is 5. The molecule has 1 amide bonds. The van der Waals surface area contributed by atoms with Gasteiger partial charge in [0.2, 0.25) is 0 Å². The topological polar surface area (TPSA) is 125 Å². The first-order chi connectivity index (χ1) is 17.1. The summed E-state index contributed by atoms with van der Waals surface area (Å²) < 4.78 is 1.93. The highest BCUT2D eigenvalue weighted by molar-refractivity contribution is 6.04. The third kappa shape index (κ3) is 3.83. The quantitative estimate of drug-likeness (QED) is 0.426. The van der Waals surface area contributed by atoms with Gasteiger partial charge in [0, 0.05) is 36.3 Å². The molecule has 0 unspecified atom stereocenters. The SMILES string of the molecule is N#CN1CCC[C@H]1c1nc(-c2ccc(C(=O)Nc3cc(C4CC4)ccn3)cc2)c2c(N)nccn12. The average molecular weight is 465 g/mol. The Balaban J connectivity index is 1.30. The molecule has 3 N–H and O–H groups in total. The number of fused-ring (bicyclic) bond motifs is 1. The minimum Gasteiger partial charge on any atom is -0.382 e. The van der Waals surface area contributed by atoms with E-state index in [4.69, 9.17) is 10.7 Å². The Labute approximate surface area is 202 Å². The van der Waals surface area contributed by atoms with Crippen LogP contribution in [-0.4, -0.2) is 36.7 Å². The molecule has 2 aliphatic rings. The summed E-state index contributed by atoms with van der Waals surface area (Å²) in [7, 11) is 0. The molecule has 1 aliphatic heterocycles. The second-order valence-electron chi connectivity index (χ2n) is 9.08. The second kappa shape index (κ2) is 8.40. The summed E-state index contributed by atoms with van der Waals surface area (Å²) in [6.07, 6.45) is 11.7. The summed E-state index contributed by atoms with van der Waals surface area (Å²) in [5.41, 5.74) is 10.2. The van der Waals surface area contributed by atoms with E-state index in [0.717, 1.165) is 24.2 Å². The van der Waals surface area contributed by atoms with Crippen LogP contribution in [0.1, 0.15) is 59.4 Å². The summed E-state index contributed by atoms with van der Waals surface area (Å²) >= 11 is 0. The van der Waals surface area contributed by atoms with E-state index in [0.29, 0.717) is 40.9 Å². The molecule has 1 saturated heterocycles. The van der Waals surface area contributed by atoms with Crippen LogP contribution in [0.15, 0.2) is 55.0 Å². The van der Waals surface area contributed by atoms with Crippen molar-refractivity contribution in [3.63, 3.8) is 0 Å². The summed E-state index contributed by atoms with van der Waals surface area (Å²) in [5, 5.41) is 12.4. The number of benzene rings is 1. The zero-order chi connectivity index (χ0) is 23.9. The number of likely N-dealkylation sites (tertiary alicyclic amines) is 1. The van der Waals surface area contributed by atoms with Crippen LogP contribution in [0, 0.1) is 11.5 Å². The normalized spacial score (nSPS) is 17.5. The molecule has 9 heteroatoms. The number of nitriles is 1. The van der Waals surface area contributed by atoms with E-state index in [2.05, 4.69) is 21.5 Å². The molecule has 6 rings (SSSR count). The van der Waals surface area contributed by atoms with Gasteiger partial charge in [-0.15, -0.1) is 0 Å².